The monoisotopic (exact) mass is 239 g/mol. The molecule has 0 aliphatic carbocycles. The number of carbonyl (C=O) groups is 1. The first-order valence-corrected chi connectivity index (χ1v) is 5.25. The average molecular weight is 239 g/mol. The lowest BCUT2D eigenvalue weighted by atomic mass is 10.3. The minimum atomic E-state index is -0.192. The van der Waals surface area contributed by atoms with Gasteiger partial charge in [-0.3, -0.25) is 9.48 Å². The lowest BCUT2D eigenvalue weighted by Gasteiger charge is -2.19. The summed E-state index contributed by atoms with van der Waals surface area (Å²) in [6.07, 6.45) is 0. The van der Waals surface area contributed by atoms with Crippen LogP contribution in [0.15, 0.2) is 11.2 Å². The van der Waals surface area contributed by atoms with Gasteiger partial charge in [-0.05, 0) is 19.9 Å². The Hall–Kier alpha value is -2.05. The Balaban J connectivity index is 2.90. The van der Waals surface area contributed by atoms with E-state index in [0.717, 1.165) is 5.69 Å². The van der Waals surface area contributed by atoms with Gasteiger partial charge in [0.15, 0.2) is 5.84 Å². The van der Waals surface area contributed by atoms with E-state index in [4.69, 9.17) is 10.9 Å². The number of hydrogen-bond acceptors (Lipinski definition) is 4. The van der Waals surface area contributed by atoms with Gasteiger partial charge in [0, 0.05) is 13.6 Å². The summed E-state index contributed by atoms with van der Waals surface area (Å²) in [4.78, 5) is 13.6. The van der Waals surface area contributed by atoms with Crippen LogP contribution < -0.4 is 5.73 Å². The molecule has 7 heteroatoms. The predicted octanol–water partition coefficient (Wildman–Crippen LogP) is -0.0630. The highest BCUT2D eigenvalue weighted by Gasteiger charge is 2.19. The molecule has 0 aliphatic heterocycles. The molecule has 3 N–H and O–H groups in total. The van der Waals surface area contributed by atoms with E-state index in [9.17, 15) is 4.79 Å². The first-order valence-electron chi connectivity index (χ1n) is 5.25. The second-order valence-electron chi connectivity index (χ2n) is 3.71. The van der Waals surface area contributed by atoms with Gasteiger partial charge in [0.05, 0.1) is 12.2 Å². The summed E-state index contributed by atoms with van der Waals surface area (Å²) >= 11 is 0. The highest BCUT2D eigenvalue weighted by molar-refractivity contribution is 5.95. The molecule has 1 aromatic heterocycles. The largest absolute Gasteiger partial charge is 0.409 e. The zero-order chi connectivity index (χ0) is 13.0. The normalized spacial score (nSPS) is 11.6. The lowest BCUT2D eigenvalue weighted by Crippen LogP contribution is -2.39. The molecule has 0 aromatic carbocycles. The first-order chi connectivity index (χ1) is 7.99. The molecule has 1 amide bonds. The highest BCUT2D eigenvalue weighted by atomic mass is 16.4. The smallest absolute Gasteiger partial charge is 0.272 e. The Bertz CT molecular complexity index is 438. The number of hydrogen-bond donors (Lipinski definition) is 2. The van der Waals surface area contributed by atoms with Crippen molar-refractivity contribution in [3.05, 3.63) is 17.5 Å². The summed E-state index contributed by atoms with van der Waals surface area (Å²) < 4.78 is 1.52. The molecule has 0 bridgehead atoms. The van der Waals surface area contributed by atoms with Crippen LogP contribution in [-0.4, -0.2) is 44.7 Å². The Morgan fingerprint density at radius 2 is 2.35 bits per heavy atom. The first kappa shape index (κ1) is 13.0. The minimum Gasteiger partial charge on any atom is -0.409 e. The number of aromatic nitrogens is 2. The van der Waals surface area contributed by atoms with E-state index in [1.54, 1.807) is 13.1 Å². The maximum Gasteiger partial charge on any atom is 0.272 e. The van der Waals surface area contributed by atoms with Crippen LogP contribution in [0.1, 0.15) is 23.1 Å². The number of amides is 1. The van der Waals surface area contributed by atoms with E-state index in [0.29, 0.717) is 12.2 Å². The van der Waals surface area contributed by atoms with Gasteiger partial charge in [0.25, 0.3) is 5.91 Å². The van der Waals surface area contributed by atoms with Gasteiger partial charge in [-0.25, -0.2) is 0 Å². The quantitative estimate of drug-likeness (QED) is 0.333. The third-order valence-corrected chi connectivity index (χ3v) is 2.37. The van der Waals surface area contributed by atoms with Crippen molar-refractivity contribution >= 4 is 11.7 Å². The van der Waals surface area contributed by atoms with E-state index in [1.165, 1.54) is 9.58 Å². The summed E-state index contributed by atoms with van der Waals surface area (Å²) in [6.45, 7) is 4.21. The summed E-state index contributed by atoms with van der Waals surface area (Å²) in [5, 5.41) is 15.5. The zero-order valence-electron chi connectivity index (χ0n) is 10.2. The molecule has 1 heterocycles. The molecule has 0 spiro atoms. The Morgan fingerprint density at radius 3 is 2.76 bits per heavy atom. The highest BCUT2D eigenvalue weighted by Crippen LogP contribution is 2.06. The number of rotatable bonds is 4. The molecule has 0 unspecified atom stereocenters. The Morgan fingerprint density at radius 1 is 1.71 bits per heavy atom. The Labute approximate surface area is 99.5 Å². The van der Waals surface area contributed by atoms with Gasteiger partial charge in [0.2, 0.25) is 0 Å². The molecule has 0 saturated heterocycles. The SMILES string of the molecule is CCN(CC(N)=NO)C(=O)c1cc(C)nn1C. The predicted molar refractivity (Wildman–Crippen MR) is 62.9 cm³/mol. The van der Waals surface area contributed by atoms with Crippen LogP contribution in [0.4, 0.5) is 0 Å². The number of aryl methyl sites for hydroxylation is 2. The van der Waals surface area contributed by atoms with Crippen LogP contribution in [0.3, 0.4) is 0 Å². The van der Waals surface area contributed by atoms with Gasteiger partial charge in [-0.1, -0.05) is 5.16 Å². The van der Waals surface area contributed by atoms with Crippen LogP contribution >= 0.6 is 0 Å². The van der Waals surface area contributed by atoms with Crippen molar-refractivity contribution in [3.63, 3.8) is 0 Å². The van der Waals surface area contributed by atoms with Crippen LogP contribution in [0.25, 0.3) is 0 Å². The topological polar surface area (TPSA) is 96.7 Å². The lowest BCUT2D eigenvalue weighted by molar-refractivity contribution is 0.0775. The fourth-order valence-electron chi connectivity index (χ4n) is 1.53. The molecule has 0 saturated carbocycles. The van der Waals surface area contributed by atoms with E-state index in [-0.39, 0.29) is 18.3 Å². The van der Waals surface area contributed by atoms with E-state index in [2.05, 4.69) is 10.3 Å². The fraction of sp³-hybridized carbons (Fsp3) is 0.500. The molecule has 7 nitrogen and oxygen atoms in total. The number of amidine groups is 1. The molecule has 1 rings (SSSR count). The molecule has 0 fully saturated rings. The van der Waals surface area contributed by atoms with Gasteiger partial charge >= 0.3 is 0 Å². The van der Waals surface area contributed by atoms with Crippen molar-refractivity contribution in [2.45, 2.75) is 13.8 Å². The van der Waals surface area contributed by atoms with Crippen LogP contribution in [0.5, 0.6) is 0 Å². The molecule has 1 aromatic rings. The maximum atomic E-state index is 12.1. The van der Waals surface area contributed by atoms with Crippen molar-refractivity contribution in [2.24, 2.45) is 17.9 Å². The molecular weight excluding hydrogens is 222 g/mol. The third kappa shape index (κ3) is 2.96. The van der Waals surface area contributed by atoms with Crippen molar-refractivity contribution in [1.29, 1.82) is 0 Å². The number of carbonyl (C=O) groups excluding carboxylic acids is 1. The average Bonchev–Trinajstić information content (AvgIpc) is 2.64. The standard InChI is InChI=1S/C10H17N5O2/c1-4-15(6-9(11)13-17)10(16)8-5-7(2)12-14(8)3/h5,17H,4,6H2,1-3H3,(H2,11,13). The minimum absolute atomic E-state index is 0.000842. The number of likely N-dealkylation sites (N-methyl/N-ethyl adjacent to an activating group) is 1. The fourth-order valence-corrected chi connectivity index (χ4v) is 1.53. The summed E-state index contributed by atoms with van der Waals surface area (Å²) in [5.41, 5.74) is 6.65. The van der Waals surface area contributed by atoms with Crippen molar-refractivity contribution in [1.82, 2.24) is 14.7 Å². The van der Waals surface area contributed by atoms with Crippen molar-refractivity contribution < 1.29 is 10.0 Å². The molecule has 94 valence electrons. The Kier molecular flexibility index (Phi) is 4.08. The van der Waals surface area contributed by atoms with E-state index < -0.39 is 0 Å². The number of nitrogens with zero attached hydrogens (tertiary/aromatic N) is 4. The second-order valence-corrected chi connectivity index (χ2v) is 3.71. The zero-order valence-corrected chi connectivity index (χ0v) is 10.2. The number of nitrogens with two attached hydrogens (primary N) is 1. The van der Waals surface area contributed by atoms with Gasteiger partial charge in [-0.2, -0.15) is 5.10 Å². The van der Waals surface area contributed by atoms with E-state index >= 15 is 0 Å². The third-order valence-electron chi connectivity index (χ3n) is 2.37. The summed E-state index contributed by atoms with van der Waals surface area (Å²) in [6, 6.07) is 1.71. The van der Waals surface area contributed by atoms with Crippen LogP contribution in [0, 0.1) is 6.92 Å². The van der Waals surface area contributed by atoms with Crippen molar-refractivity contribution in [3.8, 4) is 0 Å². The van der Waals surface area contributed by atoms with Crippen LogP contribution in [-0.2, 0) is 7.05 Å². The molecular formula is C10H17N5O2. The molecule has 0 radical (unpaired) electrons. The van der Waals surface area contributed by atoms with Gasteiger partial charge in [0.1, 0.15) is 5.69 Å². The van der Waals surface area contributed by atoms with Gasteiger partial charge < -0.3 is 15.8 Å². The summed E-state index contributed by atoms with van der Waals surface area (Å²) in [5.74, 6) is -0.193. The van der Waals surface area contributed by atoms with E-state index in [1.807, 2.05) is 13.8 Å². The second kappa shape index (κ2) is 5.33. The molecule has 0 atom stereocenters. The van der Waals surface area contributed by atoms with Crippen LogP contribution in [0.2, 0.25) is 0 Å². The molecule has 17 heavy (non-hydrogen) atoms. The summed E-state index contributed by atoms with van der Waals surface area (Å²) in [7, 11) is 1.71. The van der Waals surface area contributed by atoms with Crippen molar-refractivity contribution in [2.75, 3.05) is 13.1 Å². The number of oxime groups is 1. The van der Waals surface area contributed by atoms with Gasteiger partial charge in [-0.15, -0.1) is 0 Å². The molecule has 0 aliphatic rings. The maximum absolute atomic E-state index is 12.1.